The van der Waals surface area contributed by atoms with Crippen LogP contribution in [0.4, 0.5) is 0 Å². The Morgan fingerprint density at radius 3 is 2.95 bits per heavy atom. The summed E-state index contributed by atoms with van der Waals surface area (Å²) in [6.45, 7) is 8.04. The average Bonchev–Trinajstić information content (AvgIpc) is 2.94. The zero-order chi connectivity index (χ0) is 14.8. The van der Waals surface area contributed by atoms with Crippen LogP contribution in [0.5, 0.6) is 5.75 Å². The van der Waals surface area contributed by atoms with E-state index in [1.165, 1.54) is 11.1 Å². The summed E-state index contributed by atoms with van der Waals surface area (Å²) in [4.78, 5) is 2.56. The maximum atomic E-state index is 6.05. The summed E-state index contributed by atoms with van der Waals surface area (Å²) in [7, 11) is 1.99. The minimum absolute atomic E-state index is 0.200. The van der Waals surface area contributed by atoms with Crippen molar-refractivity contribution < 1.29 is 9.47 Å². The minimum Gasteiger partial charge on any atom is -0.493 e. The van der Waals surface area contributed by atoms with Crippen molar-refractivity contribution >= 4 is 0 Å². The van der Waals surface area contributed by atoms with Crippen LogP contribution in [-0.4, -0.2) is 50.4 Å². The Balaban J connectivity index is 1.92. The highest BCUT2D eigenvalue weighted by atomic mass is 16.5. The molecule has 1 N–H and O–H groups in total. The van der Waals surface area contributed by atoms with Gasteiger partial charge >= 0.3 is 0 Å². The second-order valence-corrected chi connectivity index (χ2v) is 6.21. The lowest BCUT2D eigenvalue weighted by atomic mass is 9.94. The van der Waals surface area contributed by atoms with E-state index in [2.05, 4.69) is 42.3 Å². The number of nitrogens with zero attached hydrogens (tertiary/aromatic N) is 1. The van der Waals surface area contributed by atoms with Gasteiger partial charge in [-0.1, -0.05) is 12.1 Å². The number of hydrogen-bond acceptors (Lipinski definition) is 4. The molecule has 0 spiro atoms. The first-order chi connectivity index (χ1) is 10.2. The van der Waals surface area contributed by atoms with Crippen LogP contribution in [0.25, 0.3) is 0 Å². The third-order valence-electron chi connectivity index (χ3n) is 4.51. The minimum atomic E-state index is 0.200. The number of ether oxygens (including phenoxy) is 2. The number of likely N-dealkylation sites (N-methyl/N-ethyl adjacent to an activating group) is 1. The van der Waals surface area contributed by atoms with E-state index < -0.39 is 0 Å². The predicted molar refractivity (Wildman–Crippen MR) is 83.9 cm³/mol. The van der Waals surface area contributed by atoms with Crippen LogP contribution >= 0.6 is 0 Å². The van der Waals surface area contributed by atoms with E-state index in [0.717, 1.165) is 38.5 Å². The molecule has 0 saturated carbocycles. The van der Waals surface area contributed by atoms with Crippen molar-refractivity contribution in [3.8, 4) is 5.75 Å². The molecule has 4 heteroatoms. The Kier molecular flexibility index (Phi) is 4.48. The van der Waals surface area contributed by atoms with Gasteiger partial charge in [-0.3, -0.25) is 4.90 Å². The van der Waals surface area contributed by atoms with Crippen molar-refractivity contribution in [2.75, 3.05) is 33.4 Å². The molecule has 116 valence electrons. The van der Waals surface area contributed by atoms with Crippen LogP contribution in [0, 0.1) is 0 Å². The Morgan fingerprint density at radius 2 is 2.19 bits per heavy atom. The highest BCUT2D eigenvalue weighted by Gasteiger charge is 2.35. The lowest BCUT2D eigenvalue weighted by molar-refractivity contribution is -0.0815. The molecule has 2 unspecified atom stereocenters. The molecule has 2 heterocycles. The molecule has 2 atom stereocenters. The first-order valence-electron chi connectivity index (χ1n) is 7.98. The van der Waals surface area contributed by atoms with Crippen molar-refractivity contribution in [1.82, 2.24) is 10.2 Å². The molecule has 4 nitrogen and oxygen atoms in total. The van der Waals surface area contributed by atoms with Gasteiger partial charge in [-0.15, -0.1) is 0 Å². The van der Waals surface area contributed by atoms with Crippen LogP contribution in [0.1, 0.15) is 31.0 Å². The molecule has 1 saturated heterocycles. The molecule has 3 rings (SSSR count). The lowest BCUT2D eigenvalue weighted by Crippen LogP contribution is -2.51. The van der Waals surface area contributed by atoms with E-state index in [1.54, 1.807) is 0 Å². The van der Waals surface area contributed by atoms with Crippen molar-refractivity contribution in [3.05, 3.63) is 29.3 Å². The normalized spacial score (nSPS) is 25.9. The highest BCUT2D eigenvalue weighted by Crippen LogP contribution is 2.35. The van der Waals surface area contributed by atoms with Crippen LogP contribution in [0.15, 0.2) is 18.2 Å². The summed E-state index contributed by atoms with van der Waals surface area (Å²) in [6.07, 6.45) is 1.22. The van der Waals surface area contributed by atoms with Crippen molar-refractivity contribution in [2.24, 2.45) is 0 Å². The maximum absolute atomic E-state index is 6.05. The zero-order valence-electron chi connectivity index (χ0n) is 13.3. The average molecular weight is 290 g/mol. The monoisotopic (exact) mass is 290 g/mol. The standard InChI is InChI=1S/C17H26N2O2/c1-12(2)19-7-9-21-16(11-18-3)17(19)14-4-5-15-13(10-14)6-8-20-15/h4-5,10,12,16-18H,6-9,11H2,1-3H3. The highest BCUT2D eigenvalue weighted by molar-refractivity contribution is 5.41. The number of fused-ring (bicyclic) bond motifs is 1. The van der Waals surface area contributed by atoms with Gasteiger partial charge in [-0.05, 0) is 38.1 Å². The molecule has 1 aromatic carbocycles. The summed E-state index contributed by atoms with van der Waals surface area (Å²) in [6, 6.07) is 7.49. The fourth-order valence-electron chi connectivity index (χ4n) is 3.50. The fourth-order valence-corrected chi connectivity index (χ4v) is 3.50. The lowest BCUT2D eigenvalue weighted by Gasteiger charge is -2.44. The fraction of sp³-hybridized carbons (Fsp3) is 0.647. The predicted octanol–water partition coefficient (Wildman–Crippen LogP) is 1.99. The molecule has 0 amide bonds. The van der Waals surface area contributed by atoms with Crippen molar-refractivity contribution in [1.29, 1.82) is 0 Å². The number of morpholine rings is 1. The molecule has 1 aromatic rings. The Hall–Kier alpha value is -1.10. The molecule has 21 heavy (non-hydrogen) atoms. The van der Waals surface area contributed by atoms with E-state index in [4.69, 9.17) is 9.47 Å². The maximum Gasteiger partial charge on any atom is 0.122 e. The molecular weight excluding hydrogens is 264 g/mol. The van der Waals surface area contributed by atoms with Gasteiger partial charge in [0.25, 0.3) is 0 Å². The summed E-state index contributed by atoms with van der Waals surface area (Å²) in [5, 5.41) is 3.27. The quantitative estimate of drug-likeness (QED) is 0.919. The topological polar surface area (TPSA) is 33.7 Å². The van der Waals surface area contributed by atoms with Gasteiger partial charge in [0.05, 0.1) is 25.4 Å². The molecule has 0 aromatic heterocycles. The first-order valence-corrected chi connectivity index (χ1v) is 7.98. The van der Waals surface area contributed by atoms with Crippen LogP contribution < -0.4 is 10.1 Å². The smallest absolute Gasteiger partial charge is 0.122 e. The Morgan fingerprint density at radius 1 is 1.33 bits per heavy atom. The van der Waals surface area contributed by atoms with Gasteiger partial charge in [0, 0.05) is 25.6 Å². The Labute approximate surface area is 127 Å². The van der Waals surface area contributed by atoms with E-state index in [0.29, 0.717) is 12.1 Å². The van der Waals surface area contributed by atoms with Crippen molar-refractivity contribution in [2.45, 2.75) is 38.5 Å². The number of rotatable bonds is 4. The number of hydrogen-bond donors (Lipinski definition) is 1. The van der Waals surface area contributed by atoms with Gasteiger partial charge in [0.1, 0.15) is 5.75 Å². The second kappa shape index (κ2) is 6.34. The number of nitrogens with one attached hydrogen (secondary N) is 1. The van der Waals surface area contributed by atoms with E-state index in [-0.39, 0.29) is 6.10 Å². The zero-order valence-corrected chi connectivity index (χ0v) is 13.3. The Bertz CT molecular complexity index is 488. The van der Waals surface area contributed by atoms with Gasteiger partial charge in [-0.2, -0.15) is 0 Å². The van der Waals surface area contributed by atoms with Gasteiger partial charge < -0.3 is 14.8 Å². The van der Waals surface area contributed by atoms with Crippen LogP contribution in [0.3, 0.4) is 0 Å². The molecule has 2 aliphatic heterocycles. The molecule has 1 fully saturated rings. The first kappa shape index (κ1) is 14.8. The second-order valence-electron chi connectivity index (χ2n) is 6.21. The summed E-state index contributed by atoms with van der Waals surface area (Å²) in [5.74, 6) is 1.05. The SMILES string of the molecule is CNCC1OCCN(C(C)C)C1c1ccc2c(c1)CCO2. The van der Waals surface area contributed by atoms with E-state index >= 15 is 0 Å². The third-order valence-corrected chi connectivity index (χ3v) is 4.51. The largest absolute Gasteiger partial charge is 0.493 e. The molecular formula is C17H26N2O2. The summed E-state index contributed by atoms with van der Waals surface area (Å²) < 4.78 is 11.7. The molecule has 2 aliphatic rings. The van der Waals surface area contributed by atoms with Gasteiger partial charge in [0.2, 0.25) is 0 Å². The summed E-state index contributed by atoms with van der Waals surface area (Å²) in [5.41, 5.74) is 2.69. The van der Waals surface area contributed by atoms with Gasteiger partial charge in [0.15, 0.2) is 0 Å². The van der Waals surface area contributed by atoms with Crippen molar-refractivity contribution in [3.63, 3.8) is 0 Å². The molecule has 0 radical (unpaired) electrons. The van der Waals surface area contributed by atoms with E-state index in [1.807, 2.05) is 7.05 Å². The van der Waals surface area contributed by atoms with Gasteiger partial charge in [-0.25, -0.2) is 0 Å². The van der Waals surface area contributed by atoms with E-state index in [9.17, 15) is 0 Å². The number of benzene rings is 1. The summed E-state index contributed by atoms with van der Waals surface area (Å²) >= 11 is 0. The third kappa shape index (κ3) is 2.93. The molecule has 0 aliphatic carbocycles. The van der Waals surface area contributed by atoms with Crippen LogP contribution in [0.2, 0.25) is 0 Å². The molecule has 0 bridgehead atoms. The van der Waals surface area contributed by atoms with Crippen LogP contribution in [-0.2, 0) is 11.2 Å².